The van der Waals surface area contributed by atoms with Gasteiger partial charge < -0.3 is 15.2 Å². The van der Waals surface area contributed by atoms with Crippen molar-refractivity contribution in [1.82, 2.24) is 19.9 Å². The van der Waals surface area contributed by atoms with Crippen LogP contribution < -0.4 is 10.6 Å². The lowest BCUT2D eigenvalue weighted by atomic mass is 10.1. The minimum Gasteiger partial charge on any atom is -0.347 e. The van der Waals surface area contributed by atoms with Gasteiger partial charge in [-0.3, -0.25) is 14.6 Å². The van der Waals surface area contributed by atoms with Gasteiger partial charge in [0.1, 0.15) is 11.5 Å². The molecule has 0 radical (unpaired) electrons. The standard InChI is InChI=1S/C21H20FN5O2/c22-15-6-8-16(9-7-15)25-21(29)19-26-18(17-5-1-2-11-27(17)19)20(28)24-13-14-4-3-10-23-12-14/h3-4,6-10,12H,1-2,5,11,13H2,(H,24,28)(H,25,29). The summed E-state index contributed by atoms with van der Waals surface area (Å²) in [5.74, 6) is -0.935. The molecule has 2 amide bonds. The molecule has 0 bridgehead atoms. The molecule has 8 heteroatoms. The van der Waals surface area contributed by atoms with Gasteiger partial charge in [0.2, 0.25) is 0 Å². The number of halogens is 1. The number of benzene rings is 1. The zero-order valence-electron chi connectivity index (χ0n) is 15.7. The smallest absolute Gasteiger partial charge is 0.291 e. The maximum absolute atomic E-state index is 13.1. The van der Waals surface area contributed by atoms with Crippen LogP contribution in [0.3, 0.4) is 0 Å². The Morgan fingerprint density at radius 2 is 1.93 bits per heavy atom. The molecule has 3 aromatic rings. The molecule has 3 heterocycles. The van der Waals surface area contributed by atoms with E-state index in [1.165, 1.54) is 24.3 Å². The minimum atomic E-state index is -0.425. The number of rotatable bonds is 5. The number of amides is 2. The Hall–Kier alpha value is -3.55. The second kappa shape index (κ2) is 8.22. The highest BCUT2D eigenvalue weighted by Gasteiger charge is 2.27. The normalized spacial score (nSPS) is 12.9. The Bertz CT molecular complexity index is 1030. The summed E-state index contributed by atoms with van der Waals surface area (Å²) < 4.78 is 14.9. The van der Waals surface area contributed by atoms with Gasteiger partial charge in [-0.05, 0) is 55.2 Å². The fraction of sp³-hybridized carbons (Fsp3) is 0.238. The van der Waals surface area contributed by atoms with Crippen molar-refractivity contribution >= 4 is 17.5 Å². The highest BCUT2D eigenvalue weighted by Crippen LogP contribution is 2.22. The van der Waals surface area contributed by atoms with E-state index in [9.17, 15) is 14.0 Å². The van der Waals surface area contributed by atoms with Crippen LogP contribution in [0.1, 0.15) is 45.2 Å². The lowest BCUT2D eigenvalue weighted by Gasteiger charge is -2.17. The topological polar surface area (TPSA) is 88.9 Å². The van der Waals surface area contributed by atoms with Crippen molar-refractivity contribution in [3.05, 3.63) is 77.4 Å². The van der Waals surface area contributed by atoms with Gasteiger partial charge in [-0.15, -0.1) is 0 Å². The van der Waals surface area contributed by atoms with Gasteiger partial charge in [0, 0.05) is 31.2 Å². The highest BCUT2D eigenvalue weighted by atomic mass is 19.1. The third kappa shape index (κ3) is 4.16. The fourth-order valence-corrected chi connectivity index (χ4v) is 3.39. The molecule has 4 rings (SSSR count). The molecule has 0 saturated heterocycles. The van der Waals surface area contributed by atoms with Crippen molar-refractivity contribution in [3.63, 3.8) is 0 Å². The zero-order chi connectivity index (χ0) is 20.2. The second-order valence-electron chi connectivity index (χ2n) is 6.84. The van der Waals surface area contributed by atoms with Gasteiger partial charge in [0.15, 0.2) is 5.82 Å². The summed E-state index contributed by atoms with van der Waals surface area (Å²) in [7, 11) is 0. The van der Waals surface area contributed by atoms with E-state index in [-0.39, 0.29) is 23.2 Å². The number of nitrogens with zero attached hydrogens (tertiary/aromatic N) is 3. The lowest BCUT2D eigenvalue weighted by molar-refractivity contribution is 0.0945. The molecule has 0 aliphatic carbocycles. The van der Waals surface area contributed by atoms with E-state index in [0.29, 0.717) is 25.2 Å². The van der Waals surface area contributed by atoms with E-state index in [1.807, 2.05) is 6.07 Å². The van der Waals surface area contributed by atoms with E-state index in [1.54, 1.807) is 23.0 Å². The van der Waals surface area contributed by atoms with Crippen molar-refractivity contribution in [3.8, 4) is 0 Å². The van der Waals surface area contributed by atoms with Crippen LogP contribution in [0.5, 0.6) is 0 Å². The van der Waals surface area contributed by atoms with Crippen molar-refractivity contribution in [2.24, 2.45) is 0 Å². The van der Waals surface area contributed by atoms with Crippen LogP contribution in [0, 0.1) is 5.82 Å². The van der Waals surface area contributed by atoms with E-state index < -0.39 is 5.91 Å². The Morgan fingerprint density at radius 1 is 1.10 bits per heavy atom. The van der Waals surface area contributed by atoms with Gasteiger partial charge in [-0.1, -0.05) is 6.07 Å². The number of fused-ring (bicyclic) bond motifs is 1. The molecule has 0 unspecified atom stereocenters. The van der Waals surface area contributed by atoms with Gasteiger partial charge in [0.25, 0.3) is 11.8 Å². The summed E-state index contributed by atoms with van der Waals surface area (Å²) in [6.45, 7) is 0.959. The van der Waals surface area contributed by atoms with Crippen LogP contribution >= 0.6 is 0 Å². The first kappa shape index (κ1) is 18.8. The van der Waals surface area contributed by atoms with E-state index in [4.69, 9.17) is 0 Å². The quantitative estimate of drug-likeness (QED) is 0.698. The maximum atomic E-state index is 13.1. The summed E-state index contributed by atoms with van der Waals surface area (Å²) in [6, 6.07) is 9.18. The molecule has 2 aromatic heterocycles. The van der Waals surface area contributed by atoms with Gasteiger partial charge in [-0.2, -0.15) is 0 Å². The Kier molecular flexibility index (Phi) is 5.33. The average Bonchev–Trinajstić information content (AvgIpc) is 3.14. The van der Waals surface area contributed by atoms with E-state index >= 15 is 0 Å². The monoisotopic (exact) mass is 393 g/mol. The van der Waals surface area contributed by atoms with Crippen LogP contribution in [0.25, 0.3) is 0 Å². The number of pyridine rings is 1. The molecule has 1 aromatic carbocycles. The number of hydrogen-bond donors (Lipinski definition) is 2. The number of carbonyl (C=O) groups is 2. The van der Waals surface area contributed by atoms with Gasteiger partial charge in [0.05, 0.1) is 5.69 Å². The molecule has 7 nitrogen and oxygen atoms in total. The number of nitrogens with one attached hydrogen (secondary N) is 2. The summed E-state index contributed by atoms with van der Waals surface area (Å²) >= 11 is 0. The van der Waals surface area contributed by atoms with Crippen molar-refractivity contribution in [2.75, 3.05) is 5.32 Å². The Balaban J connectivity index is 1.55. The predicted molar refractivity (Wildman–Crippen MR) is 105 cm³/mol. The van der Waals surface area contributed by atoms with Crippen LogP contribution in [0.15, 0.2) is 48.8 Å². The molecule has 0 atom stereocenters. The van der Waals surface area contributed by atoms with E-state index in [2.05, 4.69) is 20.6 Å². The second-order valence-corrected chi connectivity index (χ2v) is 6.84. The molecule has 1 aliphatic rings. The maximum Gasteiger partial charge on any atom is 0.291 e. The fourth-order valence-electron chi connectivity index (χ4n) is 3.39. The van der Waals surface area contributed by atoms with Crippen molar-refractivity contribution in [1.29, 1.82) is 0 Å². The van der Waals surface area contributed by atoms with Crippen LogP contribution in [-0.2, 0) is 19.5 Å². The molecule has 148 valence electrons. The lowest BCUT2D eigenvalue weighted by Crippen LogP contribution is -2.25. The summed E-state index contributed by atoms with van der Waals surface area (Å²) in [6.07, 6.45) is 5.89. The number of hydrogen-bond acceptors (Lipinski definition) is 4. The van der Waals surface area contributed by atoms with Crippen LogP contribution in [0.4, 0.5) is 10.1 Å². The minimum absolute atomic E-state index is 0.190. The summed E-state index contributed by atoms with van der Waals surface area (Å²) in [5, 5.41) is 5.56. The number of carbonyl (C=O) groups excluding carboxylic acids is 2. The number of anilines is 1. The first-order chi connectivity index (χ1) is 14.1. The molecule has 1 aliphatic heterocycles. The van der Waals surface area contributed by atoms with Crippen molar-refractivity contribution < 1.29 is 14.0 Å². The predicted octanol–water partition coefficient (Wildman–Crippen LogP) is 2.94. The molecular formula is C21H20FN5O2. The highest BCUT2D eigenvalue weighted by molar-refractivity contribution is 6.03. The average molecular weight is 393 g/mol. The summed E-state index contributed by atoms with van der Waals surface area (Å²) in [4.78, 5) is 33.9. The molecule has 0 spiro atoms. The van der Waals surface area contributed by atoms with Gasteiger partial charge >= 0.3 is 0 Å². The van der Waals surface area contributed by atoms with Crippen LogP contribution in [-0.4, -0.2) is 26.3 Å². The Morgan fingerprint density at radius 3 is 2.69 bits per heavy atom. The molecule has 29 heavy (non-hydrogen) atoms. The zero-order valence-corrected chi connectivity index (χ0v) is 15.7. The summed E-state index contributed by atoms with van der Waals surface area (Å²) in [5.41, 5.74) is 2.39. The first-order valence-corrected chi connectivity index (χ1v) is 9.45. The third-order valence-electron chi connectivity index (χ3n) is 4.81. The molecular weight excluding hydrogens is 373 g/mol. The molecule has 0 fully saturated rings. The number of aromatic nitrogens is 3. The van der Waals surface area contributed by atoms with E-state index in [0.717, 1.165) is 24.1 Å². The van der Waals surface area contributed by atoms with Gasteiger partial charge in [-0.25, -0.2) is 9.37 Å². The molecule has 2 N–H and O–H groups in total. The van der Waals surface area contributed by atoms with Crippen molar-refractivity contribution in [2.45, 2.75) is 32.4 Å². The third-order valence-corrected chi connectivity index (χ3v) is 4.81. The van der Waals surface area contributed by atoms with Crippen LogP contribution in [0.2, 0.25) is 0 Å². The molecule has 0 saturated carbocycles. The largest absolute Gasteiger partial charge is 0.347 e. The number of imidazole rings is 1. The first-order valence-electron chi connectivity index (χ1n) is 9.45. The SMILES string of the molecule is O=C(NCc1cccnc1)c1nc(C(=O)Nc2ccc(F)cc2)n2c1CCCC2. The Labute approximate surface area is 167 Å².